The van der Waals surface area contributed by atoms with Gasteiger partial charge in [-0.2, -0.15) is 0 Å². The molecular weight excluding hydrogens is 418 g/mol. The van der Waals surface area contributed by atoms with Crippen LogP contribution in [-0.2, 0) is 21.1 Å². The molecular formula is C21H29N5O4S. The van der Waals surface area contributed by atoms with Crippen LogP contribution in [0.25, 0.3) is 0 Å². The van der Waals surface area contributed by atoms with E-state index in [0.717, 1.165) is 19.3 Å². The zero-order chi connectivity index (χ0) is 23.0. The van der Waals surface area contributed by atoms with Gasteiger partial charge >= 0.3 is 0 Å². The average Bonchev–Trinajstić information content (AvgIpc) is 3.00. The molecule has 31 heavy (non-hydrogen) atoms. The van der Waals surface area contributed by atoms with Crippen LogP contribution in [0, 0.1) is 0 Å². The molecule has 1 aliphatic rings. The summed E-state index contributed by atoms with van der Waals surface area (Å²) in [6.45, 7) is 2.98. The van der Waals surface area contributed by atoms with Crippen molar-refractivity contribution < 1.29 is 22.2 Å². The van der Waals surface area contributed by atoms with Crippen molar-refractivity contribution in [3.63, 3.8) is 0 Å². The molecule has 0 spiro atoms. The molecule has 3 rings (SSSR count). The Morgan fingerprint density at radius 3 is 2.23 bits per heavy atom. The number of nitrogens with one attached hydrogen (secondary N) is 1. The first-order valence-electron chi connectivity index (χ1n) is 9.63. The summed E-state index contributed by atoms with van der Waals surface area (Å²) in [6, 6.07) is 18.7. The van der Waals surface area contributed by atoms with E-state index in [1.807, 2.05) is 18.2 Å². The van der Waals surface area contributed by atoms with Gasteiger partial charge in [0.25, 0.3) is 0 Å². The highest BCUT2D eigenvalue weighted by Gasteiger charge is 2.27. The molecule has 0 saturated heterocycles. The lowest BCUT2D eigenvalue weighted by Gasteiger charge is -2.21. The number of azo groups is 1. The van der Waals surface area contributed by atoms with Gasteiger partial charge in [-0.25, -0.2) is 18.4 Å². The van der Waals surface area contributed by atoms with Crippen molar-refractivity contribution in [1.29, 1.82) is 0 Å². The topological polar surface area (TPSA) is 102 Å². The van der Waals surface area contributed by atoms with Gasteiger partial charge in [0.1, 0.15) is 0 Å². The smallest absolute Gasteiger partial charge is 0.243 e. The first kappa shape index (κ1) is 24.5. The molecule has 0 aromatic heterocycles. The normalized spacial score (nSPS) is 18.5. The Kier molecular flexibility index (Phi) is 8.69. The largest absolute Gasteiger partial charge is 0.726 e. The summed E-state index contributed by atoms with van der Waals surface area (Å²) >= 11 is 0. The van der Waals surface area contributed by atoms with Crippen molar-refractivity contribution in [2.45, 2.75) is 19.6 Å². The minimum atomic E-state index is -4.41. The van der Waals surface area contributed by atoms with Gasteiger partial charge < -0.3 is 9.45 Å². The first-order valence-corrected chi connectivity index (χ1v) is 11.0. The Bertz CT molecular complexity index is 994. The van der Waals surface area contributed by atoms with Crippen molar-refractivity contribution in [3.05, 3.63) is 71.9 Å². The second-order valence-electron chi connectivity index (χ2n) is 7.10. The number of quaternary nitrogens is 1. The van der Waals surface area contributed by atoms with Gasteiger partial charge in [0.2, 0.25) is 16.6 Å². The Balaban J connectivity index is 0.000000501. The van der Waals surface area contributed by atoms with E-state index in [9.17, 15) is 13.0 Å². The molecule has 0 saturated carbocycles. The van der Waals surface area contributed by atoms with E-state index in [1.54, 1.807) is 0 Å². The molecule has 10 heteroatoms. The van der Waals surface area contributed by atoms with Crippen LogP contribution in [0.5, 0.6) is 0 Å². The molecule has 0 radical (unpaired) electrons. The zero-order valence-corrected chi connectivity index (χ0v) is 19.2. The summed E-state index contributed by atoms with van der Waals surface area (Å²) in [6.07, 6.45) is 2.19. The van der Waals surface area contributed by atoms with Crippen LogP contribution in [0.1, 0.15) is 12.5 Å². The van der Waals surface area contributed by atoms with Gasteiger partial charge in [-0.15, -0.1) is 10.2 Å². The van der Waals surface area contributed by atoms with Gasteiger partial charge in [-0.1, -0.05) is 30.3 Å². The standard InChI is InChI=1S/C20H25N5.CH4O4S/c1-16-14-20(25(4)24(16)3)22-21-18-10-12-19(13-11-18)23(2)15-17-8-6-5-7-9-17;1-5-6(2,3)4/h5-14,20H,15H2,1-4H3;1H3,(H,2,3,4). The van der Waals surface area contributed by atoms with Crippen LogP contribution in [-0.4, -0.2) is 52.4 Å². The third kappa shape index (κ3) is 7.76. The molecule has 168 valence electrons. The first-order chi connectivity index (χ1) is 14.6. The maximum Gasteiger partial charge on any atom is 0.243 e. The number of likely N-dealkylation sites (N-methyl/N-ethyl adjacent to an activating group) is 1. The van der Waals surface area contributed by atoms with E-state index in [2.05, 4.69) is 94.9 Å². The molecule has 0 aliphatic carbocycles. The molecule has 2 unspecified atom stereocenters. The quantitative estimate of drug-likeness (QED) is 0.413. The van der Waals surface area contributed by atoms with E-state index < -0.39 is 10.4 Å². The third-order valence-corrected chi connectivity index (χ3v) is 5.35. The number of rotatable bonds is 6. The number of allylic oxidation sites excluding steroid dienone is 1. The van der Waals surface area contributed by atoms with E-state index in [0.29, 0.717) is 0 Å². The fraction of sp³-hybridized carbons (Fsp3) is 0.333. The van der Waals surface area contributed by atoms with Gasteiger partial charge in [-0.05, 0) is 36.8 Å². The predicted molar refractivity (Wildman–Crippen MR) is 118 cm³/mol. The fourth-order valence-corrected chi connectivity index (χ4v) is 2.91. The van der Waals surface area contributed by atoms with Crippen LogP contribution in [0.2, 0.25) is 0 Å². The van der Waals surface area contributed by atoms with Gasteiger partial charge in [0.15, 0.2) is 0 Å². The van der Waals surface area contributed by atoms with Gasteiger partial charge in [0.05, 0.1) is 32.6 Å². The highest BCUT2D eigenvalue weighted by Crippen LogP contribution is 2.21. The maximum atomic E-state index is 9.22. The minimum Gasteiger partial charge on any atom is -0.726 e. The molecule has 0 bridgehead atoms. The van der Waals surface area contributed by atoms with E-state index in [1.165, 1.54) is 22.0 Å². The van der Waals surface area contributed by atoms with Crippen LogP contribution in [0.4, 0.5) is 11.4 Å². The molecule has 2 aromatic rings. The molecule has 2 aromatic carbocycles. The SMILES string of the molecule is CC1=CC(N=Nc2ccc(N(C)Cc3ccccc3)cc2)[NH+](C)N1C.COS(=O)(=O)[O-]. The average molecular weight is 448 g/mol. The predicted octanol–water partition coefficient (Wildman–Crippen LogP) is 2.10. The molecule has 0 fully saturated rings. The van der Waals surface area contributed by atoms with Crippen molar-refractivity contribution >= 4 is 21.8 Å². The Labute approximate surface area is 184 Å². The lowest BCUT2D eigenvalue weighted by atomic mass is 10.2. The molecule has 2 atom stereocenters. The van der Waals surface area contributed by atoms with E-state index in [4.69, 9.17) is 0 Å². The van der Waals surface area contributed by atoms with Crippen LogP contribution in [0.3, 0.4) is 0 Å². The zero-order valence-electron chi connectivity index (χ0n) is 18.4. The summed E-state index contributed by atoms with van der Waals surface area (Å²) in [5.74, 6) is 0. The van der Waals surface area contributed by atoms with Crippen molar-refractivity contribution in [2.24, 2.45) is 10.2 Å². The maximum absolute atomic E-state index is 9.22. The van der Waals surface area contributed by atoms with Crippen molar-refractivity contribution in [1.82, 2.24) is 5.01 Å². The molecule has 1 heterocycles. The van der Waals surface area contributed by atoms with Crippen molar-refractivity contribution in [2.75, 3.05) is 33.2 Å². The minimum absolute atomic E-state index is 0.0467. The fourth-order valence-electron chi connectivity index (χ4n) is 2.91. The van der Waals surface area contributed by atoms with Crippen LogP contribution in [0.15, 0.2) is 76.6 Å². The summed E-state index contributed by atoms with van der Waals surface area (Å²) in [5.41, 5.74) is 4.57. The van der Waals surface area contributed by atoms with E-state index >= 15 is 0 Å². The van der Waals surface area contributed by atoms with Crippen LogP contribution < -0.4 is 9.91 Å². The molecule has 1 N–H and O–H groups in total. The van der Waals surface area contributed by atoms with Gasteiger partial charge in [0, 0.05) is 25.4 Å². The Morgan fingerprint density at radius 2 is 1.74 bits per heavy atom. The third-order valence-electron chi connectivity index (χ3n) is 4.94. The Morgan fingerprint density at radius 1 is 1.16 bits per heavy atom. The lowest BCUT2D eigenvalue weighted by Crippen LogP contribution is -3.16. The monoisotopic (exact) mass is 447 g/mol. The highest BCUT2D eigenvalue weighted by molar-refractivity contribution is 7.80. The number of anilines is 1. The summed E-state index contributed by atoms with van der Waals surface area (Å²) in [5, 5.41) is 12.2. The van der Waals surface area contributed by atoms with Crippen molar-refractivity contribution in [3.8, 4) is 0 Å². The molecule has 9 nitrogen and oxygen atoms in total. The summed E-state index contributed by atoms with van der Waals surface area (Å²) in [7, 11) is 2.66. The van der Waals surface area contributed by atoms with E-state index in [-0.39, 0.29) is 6.17 Å². The molecule has 1 aliphatic heterocycles. The summed E-state index contributed by atoms with van der Waals surface area (Å²) < 4.78 is 31.0. The summed E-state index contributed by atoms with van der Waals surface area (Å²) in [4.78, 5) is 2.23. The lowest BCUT2D eigenvalue weighted by molar-refractivity contribution is -0.998. The number of nitrogens with zero attached hydrogens (tertiary/aromatic N) is 4. The number of hydrogen-bond acceptors (Lipinski definition) is 8. The second kappa shape index (κ2) is 11.0. The number of benzene rings is 2. The Hall–Kier alpha value is -2.79. The second-order valence-corrected chi connectivity index (χ2v) is 8.25. The van der Waals surface area contributed by atoms with Gasteiger partial charge in [-0.3, -0.25) is 4.18 Å². The number of hydrogen-bond donors (Lipinski definition) is 1. The van der Waals surface area contributed by atoms with Crippen LogP contribution >= 0.6 is 0 Å². The molecule has 0 amide bonds. The highest BCUT2D eigenvalue weighted by atomic mass is 32.3.